The molecule has 0 aliphatic heterocycles. The molecule has 0 saturated heterocycles. The summed E-state index contributed by atoms with van der Waals surface area (Å²) in [6, 6.07) is 3.81. The van der Waals surface area contributed by atoms with Gasteiger partial charge in [0.1, 0.15) is 0 Å². The zero-order chi connectivity index (χ0) is 14.7. The average Bonchev–Trinajstić information content (AvgIpc) is 2.40. The summed E-state index contributed by atoms with van der Waals surface area (Å²) in [5.74, 6) is -0.402. The van der Waals surface area contributed by atoms with E-state index in [9.17, 15) is 20.0 Å². The molecule has 2 atom stereocenters. The first kappa shape index (κ1) is 14.9. The number of amides is 1. The number of carbonyl (C=O) groups is 1. The molecule has 1 aliphatic rings. The Morgan fingerprint density at radius 2 is 2.05 bits per heavy atom. The lowest BCUT2D eigenvalue weighted by Gasteiger charge is -2.28. The SMILES string of the molecule is O=C(N[C@@H]1CCCC[C@H]1O)c1cc(Br)cc([N+](=O)[O-])c1. The maximum atomic E-state index is 12.1. The largest absolute Gasteiger partial charge is 0.391 e. The van der Waals surface area contributed by atoms with E-state index in [0.717, 1.165) is 19.3 Å². The van der Waals surface area contributed by atoms with E-state index in [1.165, 1.54) is 18.2 Å². The molecule has 0 unspecified atom stereocenters. The van der Waals surface area contributed by atoms with Crippen LogP contribution in [0.25, 0.3) is 0 Å². The number of nitro groups is 1. The summed E-state index contributed by atoms with van der Waals surface area (Å²) in [5, 5.41) is 23.4. The van der Waals surface area contributed by atoms with Crippen LogP contribution in [0.1, 0.15) is 36.0 Å². The number of hydrogen-bond donors (Lipinski definition) is 2. The van der Waals surface area contributed by atoms with Crippen molar-refractivity contribution in [3.8, 4) is 0 Å². The molecule has 2 N–H and O–H groups in total. The molecule has 108 valence electrons. The van der Waals surface area contributed by atoms with Crippen LogP contribution in [0.5, 0.6) is 0 Å². The Kier molecular flexibility index (Phi) is 4.72. The van der Waals surface area contributed by atoms with Crippen molar-refractivity contribution in [3.05, 3.63) is 38.3 Å². The van der Waals surface area contributed by atoms with Crippen LogP contribution in [0.4, 0.5) is 5.69 Å². The minimum atomic E-state index is -0.546. The molecule has 20 heavy (non-hydrogen) atoms. The third-order valence-electron chi connectivity index (χ3n) is 3.40. The van der Waals surface area contributed by atoms with E-state index in [2.05, 4.69) is 21.2 Å². The summed E-state index contributed by atoms with van der Waals surface area (Å²) in [6.07, 6.45) is 2.76. The van der Waals surface area contributed by atoms with E-state index in [4.69, 9.17) is 0 Å². The van der Waals surface area contributed by atoms with Gasteiger partial charge in [-0.25, -0.2) is 0 Å². The fourth-order valence-electron chi connectivity index (χ4n) is 2.34. The number of nitro benzene ring substituents is 1. The number of non-ortho nitro benzene ring substituents is 1. The maximum absolute atomic E-state index is 12.1. The van der Waals surface area contributed by atoms with Crippen LogP contribution in [0.15, 0.2) is 22.7 Å². The number of rotatable bonds is 3. The lowest BCUT2D eigenvalue weighted by Crippen LogP contribution is -2.45. The van der Waals surface area contributed by atoms with Crippen molar-refractivity contribution in [1.82, 2.24) is 5.32 Å². The summed E-state index contributed by atoms with van der Waals surface area (Å²) >= 11 is 3.15. The number of nitrogens with one attached hydrogen (secondary N) is 1. The first-order chi connectivity index (χ1) is 9.47. The minimum absolute atomic E-state index is 0.145. The monoisotopic (exact) mass is 342 g/mol. The van der Waals surface area contributed by atoms with Crippen LogP contribution in [0, 0.1) is 10.1 Å². The van der Waals surface area contributed by atoms with Gasteiger partial charge < -0.3 is 10.4 Å². The third kappa shape index (κ3) is 3.55. The lowest BCUT2D eigenvalue weighted by molar-refractivity contribution is -0.385. The molecule has 2 rings (SSSR count). The lowest BCUT2D eigenvalue weighted by atomic mass is 9.92. The van der Waals surface area contributed by atoms with Gasteiger partial charge in [0, 0.05) is 22.2 Å². The summed E-state index contributed by atoms with van der Waals surface area (Å²) < 4.78 is 0.473. The van der Waals surface area contributed by atoms with Crippen LogP contribution in [-0.2, 0) is 0 Å². The van der Waals surface area contributed by atoms with Gasteiger partial charge in [0.15, 0.2) is 0 Å². The molecule has 6 nitrogen and oxygen atoms in total. The van der Waals surface area contributed by atoms with Crippen molar-refractivity contribution < 1.29 is 14.8 Å². The smallest absolute Gasteiger partial charge is 0.271 e. The highest BCUT2D eigenvalue weighted by Crippen LogP contribution is 2.23. The molecule has 0 bridgehead atoms. The Morgan fingerprint density at radius 3 is 2.70 bits per heavy atom. The zero-order valence-electron chi connectivity index (χ0n) is 10.7. The van der Waals surface area contributed by atoms with E-state index in [1.807, 2.05) is 0 Å². The summed E-state index contributed by atoms with van der Waals surface area (Å²) in [5.41, 5.74) is 0.0672. The topological polar surface area (TPSA) is 92.5 Å². The van der Waals surface area contributed by atoms with Gasteiger partial charge in [-0.2, -0.15) is 0 Å². The normalized spacial score (nSPS) is 22.3. The van der Waals surface area contributed by atoms with Crippen molar-refractivity contribution in [3.63, 3.8) is 0 Å². The zero-order valence-corrected chi connectivity index (χ0v) is 12.3. The predicted octanol–water partition coefficient (Wildman–Crippen LogP) is 2.39. The number of hydrogen-bond acceptors (Lipinski definition) is 4. The molecule has 0 spiro atoms. The predicted molar refractivity (Wildman–Crippen MR) is 76.5 cm³/mol. The highest BCUT2D eigenvalue weighted by Gasteiger charge is 2.25. The highest BCUT2D eigenvalue weighted by molar-refractivity contribution is 9.10. The van der Waals surface area contributed by atoms with Crippen LogP contribution in [0.2, 0.25) is 0 Å². The Hall–Kier alpha value is -1.47. The Labute approximate surface area is 124 Å². The fraction of sp³-hybridized carbons (Fsp3) is 0.462. The Balaban J connectivity index is 2.14. The first-order valence-electron chi connectivity index (χ1n) is 6.41. The minimum Gasteiger partial charge on any atom is -0.391 e. The molecule has 1 aromatic carbocycles. The van der Waals surface area contributed by atoms with Gasteiger partial charge in [-0.05, 0) is 18.9 Å². The van der Waals surface area contributed by atoms with Gasteiger partial charge in [0.05, 0.1) is 17.1 Å². The van der Waals surface area contributed by atoms with Gasteiger partial charge >= 0.3 is 0 Å². The second-order valence-corrected chi connectivity index (χ2v) is 5.80. The summed E-state index contributed by atoms with van der Waals surface area (Å²) in [4.78, 5) is 22.4. The molecule has 0 heterocycles. The van der Waals surface area contributed by atoms with Crippen LogP contribution >= 0.6 is 15.9 Å². The number of halogens is 1. The molecule has 1 saturated carbocycles. The van der Waals surface area contributed by atoms with Crippen LogP contribution in [-0.4, -0.2) is 28.1 Å². The van der Waals surface area contributed by atoms with Gasteiger partial charge in [0.25, 0.3) is 11.6 Å². The summed E-state index contributed by atoms with van der Waals surface area (Å²) in [6.45, 7) is 0. The summed E-state index contributed by atoms with van der Waals surface area (Å²) in [7, 11) is 0. The van der Waals surface area contributed by atoms with E-state index in [0.29, 0.717) is 10.9 Å². The Bertz CT molecular complexity index is 535. The molecule has 0 aromatic heterocycles. The van der Waals surface area contributed by atoms with Crippen LogP contribution < -0.4 is 5.32 Å². The van der Waals surface area contributed by atoms with Crippen molar-refractivity contribution in [2.45, 2.75) is 37.8 Å². The van der Waals surface area contributed by atoms with E-state index < -0.39 is 16.9 Å². The molecule has 1 aliphatic carbocycles. The highest BCUT2D eigenvalue weighted by atomic mass is 79.9. The number of carbonyl (C=O) groups excluding carboxylic acids is 1. The van der Waals surface area contributed by atoms with Crippen molar-refractivity contribution in [2.75, 3.05) is 0 Å². The molecule has 1 aromatic rings. The fourth-order valence-corrected chi connectivity index (χ4v) is 2.82. The van der Waals surface area contributed by atoms with E-state index >= 15 is 0 Å². The van der Waals surface area contributed by atoms with Crippen molar-refractivity contribution >= 4 is 27.5 Å². The van der Waals surface area contributed by atoms with Crippen LogP contribution in [0.3, 0.4) is 0 Å². The van der Waals surface area contributed by atoms with Crippen molar-refractivity contribution in [1.29, 1.82) is 0 Å². The second kappa shape index (κ2) is 6.32. The molecular weight excluding hydrogens is 328 g/mol. The third-order valence-corrected chi connectivity index (χ3v) is 3.86. The van der Waals surface area contributed by atoms with Gasteiger partial charge in [0.2, 0.25) is 0 Å². The standard InChI is InChI=1S/C13H15BrN2O4/c14-9-5-8(6-10(7-9)16(19)20)13(18)15-11-3-1-2-4-12(11)17/h5-7,11-12,17H,1-4H2,(H,15,18)/t11-,12-/m1/s1. The van der Waals surface area contributed by atoms with Gasteiger partial charge in [-0.15, -0.1) is 0 Å². The average molecular weight is 343 g/mol. The van der Waals surface area contributed by atoms with E-state index in [-0.39, 0.29) is 17.3 Å². The number of aliphatic hydroxyl groups excluding tert-OH is 1. The quantitative estimate of drug-likeness (QED) is 0.651. The molecule has 0 radical (unpaired) electrons. The number of aliphatic hydroxyl groups is 1. The molecule has 1 fully saturated rings. The maximum Gasteiger partial charge on any atom is 0.271 e. The van der Waals surface area contributed by atoms with Gasteiger partial charge in [-0.1, -0.05) is 28.8 Å². The molecule has 7 heteroatoms. The van der Waals surface area contributed by atoms with E-state index in [1.54, 1.807) is 0 Å². The Morgan fingerprint density at radius 1 is 1.35 bits per heavy atom. The number of benzene rings is 1. The van der Waals surface area contributed by atoms with Gasteiger partial charge in [-0.3, -0.25) is 14.9 Å². The molecule has 1 amide bonds. The second-order valence-electron chi connectivity index (χ2n) is 4.89. The number of nitrogens with zero attached hydrogens (tertiary/aromatic N) is 1. The van der Waals surface area contributed by atoms with Crippen molar-refractivity contribution in [2.24, 2.45) is 0 Å². The molecular formula is C13H15BrN2O4. The first-order valence-corrected chi connectivity index (χ1v) is 7.20.